The number of halogens is 1. The lowest BCUT2D eigenvalue weighted by molar-refractivity contribution is -0.0622. The summed E-state index contributed by atoms with van der Waals surface area (Å²) in [4.78, 5) is 3.89. The molecule has 78 valence electrons. The highest BCUT2D eigenvalue weighted by atomic mass is 79.9. The van der Waals surface area contributed by atoms with Gasteiger partial charge in [0.05, 0.1) is 10.2 Å². The largest absolute Gasteiger partial charge is 0.291 e. The number of allylic oxidation sites excluding steroid dienone is 1. The average Bonchev–Trinajstić information content (AvgIpc) is 2.26. The highest BCUT2D eigenvalue weighted by molar-refractivity contribution is 9.12. The Labute approximate surface area is 95.8 Å². The Hall–Kier alpha value is -1.17. The van der Waals surface area contributed by atoms with Crippen molar-refractivity contribution in [3.63, 3.8) is 0 Å². The molecule has 4 nitrogen and oxygen atoms in total. The van der Waals surface area contributed by atoms with Gasteiger partial charge < -0.3 is 0 Å². The van der Waals surface area contributed by atoms with Gasteiger partial charge in [0, 0.05) is 11.8 Å². The molecule has 0 aliphatic carbocycles. The summed E-state index contributed by atoms with van der Waals surface area (Å²) in [5.74, 6) is 0. The van der Waals surface area contributed by atoms with Gasteiger partial charge in [-0.15, -0.1) is 0 Å². The van der Waals surface area contributed by atoms with Crippen LogP contribution in [0.25, 0.3) is 5.70 Å². The zero-order valence-electron chi connectivity index (χ0n) is 7.84. The van der Waals surface area contributed by atoms with E-state index in [-0.39, 0.29) is 0 Å². The molecule has 2 rings (SSSR count). The molecule has 0 fully saturated rings. The fourth-order valence-corrected chi connectivity index (χ4v) is 1.90. The van der Waals surface area contributed by atoms with E-state index in [2.05, 4.69) is 20.9 Å². The van der Waals surface area contributed by atoms with Crippen molar-refractivity contribution in [2.45, 2.75) is 6.29 Å². The normalized spacial score (nSPS) is 21.0. The van der Waals surface area contributed by atoms with E-state index in [0.29, 0.717) is 10.2 Å². The standard InChI is InChI=1S/C10H10BrN3O/c11-8-6-13-10(12)14(15)9(8)7-4-2-1-3-5-7/h1-6,10,15H,12H2. The SMILES string of the molecule is NC1N=CC(Br)=C(c2ccccc2)N1O. The van der Waals surface area contributed by atoms with Crippen molar-refractivity contribution in [3.05, 3.63) is 40.4 Å². The number of hydrogen-bond acceptors (Lipinski definition) is 4. The van der Waals surface area contributed by atoms with Crippen molar-refractivity contribution < 1.29 is 5.21 Å². The molecular weight excluding hydrogens is 258 g/mol. The first-order valence-electron chi connectivity index (χ1n) is 4.42. The Bertz CT molecular complexity index is 416. The fourth-order valence-electron chi connectivity index (χ4n) is 1.37. The van der Waals surface area contributed by atoms with Crippen molar-refractivity contribution >= 4 is 27.8 Å². The molecule has 1 heterocycles. The van der Waals surface area contributed by atoms with Crippen molar-refractivity contribution in [2.24, 2.45) is 10.7 Å². The summed E-state index contributed by atoms with van der Waals surface area (Å²) < 4.78 is 0.706. The number of hydrogen-bond donors (Lipinski definition) is 2. The molecule has 5 heteroatoms. The van der Waals surface area contributed by atoms with Crippen LogP contribution in [0, 0.1) is 0 Å². The third kappa shape index (κ3) is 1.94. The molecule has 0 radical (unpaired) electrons. The predicted octanol–water partition coefficient (Wildman–Crippen LogP) is 1.77. The van der Waals surface area contributed by atoms with E-state index in [1.54, 1.807) is 6.21 Å². The lowest BCUT2D eigenvalue weighted by Gasteiger charge is -2.27. The topological polar surface area (TPSA) is 61.8 Å². The first-order chi connectivity index (χ1) is 7.20. The van der Waals surface area contributed by atoms with E-state index in [1.165, 1.54) is 0 Å². The lowest BCUT2D eigenvalue weighted by atomic mass is 10.1. The second-order valence-corrected chi connectivity index (χ2v) is 3.95. The van der Waals surface area contributed by atoms with Crippen LogP contribution in [0.4, 0.5) is 0 Å². The summed E-state index contributed by atoms with van der Waals surface area (Å²) >= 11 is 3.33. The minimum atomic E-state index is -0.749. The van der Waals surface area contributed by atoms with Gasteiger partial charge in [0.15, 0.2) is 6.29 Å². The summed E-state index contributed by atoms with van der Waals surface area (Å²) in [7, 11) is 0. The van der Waals surface area contributed by atoms with Gasteiger partial charge in [0.25, 0.3) is 0 Å². The maximum atomic E-state index is 9.77. The van der Waals surface area contributed by atoms with Gasteiger partial charge in [-0.2, -0.15) is 0 Å². The molecule has 1 unspecified atom stereocenters. The molecule has 0 bridgehead atoms. The Kier molecular flexibility index (Phi) is 2.86. The minimum absolute atomic E-state index is 0.623. The summed E-state index contributed by atoms with van der Waals surface area (Å²) in [5, 5.41) is 10.7. The van der Waals surface area contributed by atoms with Gasteiger partial charge >= 0.3 is 0 Å². The monoisotopic (exact) mass is 267 g/mol. The van der Waals surface area contributed by atoms with Crippen molar-refractivity contribution in [3.8, 4) is 0 Å². The van der Waals surface area contributed by atoms with Crippen molar-refractivity contribution in [2.75, 3.05) is 0 Å². The second kappa shape index (κ2) is 4.14. The summed E-state index contributed by atoms with van der Waals surface area (Å²) in [5.41, 5.74) is 7.10. The first-order valence-corrected chi connectivity index (χ1v) is 5.21. The van der Waals surface area contributed by atoms with E-state index in [9.17, 15) is 5.21 Å². The molecule has 1 atom stereocenters. The summed E-state index contributed by atoms with van der Waals surface area (Å²) in [6.07, 6.45) is 0.848. The molecule has 1 aliphatic heterocycles. The molecule has 0 aromatic heterocycles. The third-order valence-electron chi connectivity index (χ3n) is 2.09. The molecule has 0 saturated carbocycles. The van der Waals surface area contributed by atoms with E-state index in [4.69, 9.17) is 5.73 Å². The van der Waals surface area contributed by atoms with Crippen LogP contribution in [-0.4, -0.2) is 22.8 Å². The molecule has 0 saturated heterocycles. The highest BCUT2D eigenvalue weighted by Crippen LogP contribution is 2.27. The van der Waals surface area contributed by atoms with Crippen LogP contribution in [0.1, 0.15) is 5.56 Å². The van der Waals surface area contributed by atoms with E-state index < -0.39 is 6.29 Å². The Morgan fingerprint density at radius 2 is 2.00 bits per heavy atom. The highest BCUT2D eigenvalue weighted by Gasteiger charge is 2.21. The van der Waals surface area contributed by atoms with Crippen LogP contribution < -0.4 is 5.73 Å². The smallest absolute Gasteiger partial charge is 0.197 e. The van der Waals surface area contributed by atoms with E-state index in [0.717, 1.165) is 10.6 Å². The molecule has 0 amide bonds. The van der Waals surface area contributed by atoms with Crippen LogP contribution in [0.3, 0.4) is 0 Å². The predicted molar refractivity (Wildman–Crippen MR) is 62.4 cm³/mol. The number of hydroxylamine groups is 2. The molecule has 1 aromatic rings. The van der Waals surface area contributed by atoms with Crippen molar-refractivity contribution in [1.29, 1.82) is 0 Å². The molecule has 0 spiro atoms. The molecule has 1 aromatic carbocycles. The number of rotatable bonds is 1. The van der Waals surface area contributed by atoms with E-state index in [1.807, 2.05) is 30.3 Å². The van der Waals surface area contributed by atoms with Gasteiger partial charge in [-0.3, -0.25) is 15.9 Å². The zero-order chi connectivity index (χ0) is 10.8. The summed E-state index contributed by atoms with van der Waals surface area (Å²) in [6, 6.07) is 9.50. The van der Waals surface area contributed by atoms with Crippen molar-refractivity contribution in [1.82, 2.24) is 5.06 Å². The van der Waals surface area contributed by atoms with Crippen LogP contribution in [-0.2, 0) is 0 Å². The quantitative estimate of drug-likeness (QED) is 0.815. The van der Waals surface area contributed by atoms with Gasteiger partial charge in [-0.25, -0.2) is 5.06 Å². The third-order valence-corrected chi connectivity index (χ3v) is 2.67. The van der Waals surface area contributed by atoms with Crippen LogP contribution >= 0.6 is 15.9 Å². The van der Waals surface area contributed by atoms with Crippen LogP contribution in [0.5, 0.6) is 0 Å². The van der Waals surface area contributed by atoms with Crippen LogP contribution in [0.15, 0.2) is 39.8 Å². The van der Waals surface area contributed by atoms with E-state index >= 15 is 0 Å². The average molecular weight is 268 g/mol. The Morgan fingerprint density at radius 1 is 1.33 bits per heavy atom. The lowest BCUT2D eigenvalue weighted by Crippen LogP contribution is -2.39. The Morgan fingerprint density at radius 3 is 2.67 bits per heavy atom. The molecule has 1 aliphatic rings. The number of aliphatic imine (C=N–C) groups is 1. The Balaban J connectivity index is 2.47. The zero-order valence-corrected chi connectivity index (χ0v) is 9.42. The number of nitrogens with two attached hydrogens (primary N) is 1. The van der Waals surface area contributed by atoms with Gasteiger partial charge in [-0.1, -0.05) is 30.3 Å². The maximum absolute atomic E-state index is 9.77. The molecular formula is C10H10BrN3O. The van der Waals surface area contributed by atoms with Gasteiger partial charge in [-0.05, 0) is 15.9 Å². The second-order valence-electron chi connectivity index (χ2n) is 3.10. The molecule has 15 heavy (non-hydrogen) atoms. The molecule has 3 N–H and O–H groups in total. The minimum Gasteiger partial charge on any atom is -0.291 e. The first kappa shape index (κ1) is 10.4. The fraction of sp³-hybridized carbons (Fsp3) is 0.100. The maximum Gasteiger partial charge on any atom is 0.197 e. The number of benzene rings is 1. The number of nitrogens with zero attached hydrogens (tertiary/aromatic N) is 2. The van der Waals surface area contributed by atoms with Gasteiger partial charge in [0.2, 0.25) is 0 Å². The van der Waals surface area contributed by atoms with Crippen LogP contribution in [0.2, 0.25) is 0 Å². The summed E-state index contributed by atoms with van der Waals surface area (Å²) in [6.45, 7) is 0. The van der Waals surface area contributed by atoms with Gasteiger partial charge in [0.1, 0.15) is 0 Å².